The number of likely N-dealkylation sites (N-methyl/N-ethyl adjacent to an activating group) is 1. The molecule has 0 saturated carbocycles. The number of carbonyl (C=O) groups is 1. The minimum absolute atomic E-state index is 0.00784. The lowest BCUT2D eigenvalue weighted by Gasteiger charge is -2.12. The summed E-state index contributed by atoms with van der Waals surface area (Å²) < 4.78 is 2.11. The lowest BCUT2D eigenvalue weighted by molar-refractivity contribution is -0.129. The maximum absolute atomic E-state index is 12.3. The van der Waals surface area contributed by atoms with E-state index in [2.05, 4.69) is 4.98 Å². The Kier molecular flexibility index (Phi) is 2.48. The minimum Gasteiger partial charge on any atom is -0.344 e. The van der Waals surface area contributed by atoms with Crippen molar-refractivity contribution in [2.45, 2.75) is 19.4 Å². The first-order valence-electron chi connectivity index (χ1n) is 5.79. The van der Waals surface area contributed by atoms with Crippen molar-refractivity contribution < 1.29 is 4.79 Å². The highest BCUT2D eigenvalue weighted by Gasteiger charge is 2.31. The number of hydrogen-bond donors (Lipinski definition) is 0. The number of likely N-dealkylation sites (tertiary alicyclic amines) is 1. The van der Waals surface area contributed by atoms with Crippen LogP contribution in [-0.4, -0.2) is 34.0 Å². The lowest BCUT2D eigenvalue weighted by atomic mass is 10.2. The maximum Gasteiger partial charge on any atom is 0.272 e. The van der Waals surface area contributed by atoms with Crippen molar-refractivity contribution in [2.75, 3.05) is 13.6 Å². The van der Waals surface area contributed by atoms with E-state index in [1.165, 1.54) is 22.2 Å². The Morgan fingerprint density at radius 3 is 2.89 bits per heavy atom. The monoisotopic (exact) mass is 263 g/mol. The van der Waals surface area contributed by atoms with Crippen LogP contribution in [0.4, 0.5) is 0 Å². The molecule has 2 aromatic rings. The van der Waals surface area contributed by atoms with E-state index in [1.54, 1.807) is 11.9 Å². The van der Waals surface area contributed by atoms with Crippen LogP contribution >= 0.6 is 11.3 Å². The van der Waals surface area contributed by atoms with E-state index < -0.39 is 0 Å². The molecule has 3 rings (SSSR count). The van der Waals surface area contributed by atoms with Gasteiger partial charge in [0, 0.05) is 13.6 Å². The fourth-order valence-electron chi connectivity index (χ4n) is 2.32. The average molecular weight is 263 g/mol. The number of fused-ring (bicyclic) bond motifs is 1. The first-order chi connectivity index (χ1) is 8.59. The highest BCUT2D eigenvalue weighted by Crippen LogP contribution is 2.23. The smallest absolute Gasteiger partial charge is 0.272 e. The first-order valence-corrected chi connectivity index (χ1v) is 6.67. The van der Waals surface area contributed by atoms with Gasteiger partial charge in [0.05, 0.1) is 11.8 Å². The van der Waals surface area contributed by atoms with Gasteiger partial charge in [0.1, 0.15) is 10.7 Å². The normalized spacial score (nSPS) is 20.0. The molecule has 0 N–H and O–H groups in total. The summed E-state index contributed by atoms with van der Waals surface area (Å²) in [6, 6.07) is -0.387. The minimum atomic E-state index is -0.387. The Morgan fingerprint density at radius 2 is 2.22 bits per heavy atom. The molecule has 0 aromatic carbocycles. The van der Waals surface area contributed by atoms with Crippen LogP contribution in [0, 0.1) is 6.92 Å². The van der Waals surface area contributed by atoms with Gasteiger partial charge in [0.15, 0.2) is 0 Å². The summed E-state index contributed by atoms with van der Waals surface area (Å²) >= 11 is 1.39. The van der Waals surface area contributed by atoms with Crippen LogP contribution in [0.25, 0.3) is 10.2 Å². The predicted molar refractivity (Wildman–Crippen MR) is 69.9 cm³/mol. The Balaban J connectivity index is 2.16. The zero-order chi connectivity index (χ0) is 12.9. The van der Waals surface area contributed by atoms with Crippen molar-refractivity contribution in [3.8, 4) is 0 Å². The van der Waals surface area contributed by atoms with Crippen LogP contribution in [0.3, 0.4) is 0 Å². The van der Waals surface area contributed by atoms with E-state index in [-0.39, 0.29) is 17.5 Å². The molecule has 6 heteroatoms. The fraction of sp³-hybridized carbons (Fsp3) is 0.417. The number of rotatable bonds is 1. The van der Waals surface area contributed by atoms with Crippen LogP contribution in [0.1, 0.15) is 18.0 Å². The van der Waals surface area contributed by atoms with Crippen LogP contribution in [-0.2, 0) is 4.79 Å². The third-order valence-electron chi connectivity index (χ3n) is 3.42. The van der Waals surface area contributed by atoms with Crippen molar-refractivity contribution in [3.05, 3.63) is 27.6 Å². The van der Waals surface area contributed by atoms with E-state index in [9.17, 15) is 9.59 Å². The SMILES string of the molecule is Cc1csc2c(=O)n([C@H]3CCN(C)C3=O)cnc12. The maximum atomic E-state index is 12.3. The number of nitrogens with zero attached hydrogens (tertiary/aromatic N) is 3. The second kappa shape index (κ2) is 3.91. The third-order valence-corrected chi connectivity index (χ3v) is 4.49. The van der Waals surface area contributed by atoms with Gasteiger partial charge in [0.25, 0.3) is 5.56 Å². The molecule has 1 aliphatic heterocycles. The Hall–Kier alpha value is -1.69. The van der Waals surface area contributed by atoms with E-state index in [0.717, 1.165) is 11.1 Å². The second-order valence-electron chi connectivity index (χ2n) is 4.62. The highest BCUT2D eigenvalue weighted by molar-refractivity contribution is 7.17. The van der Waals surface area contributed by atoms with Crippen molar-refractivity contribution in [1.29, 1.82) is 0 Å². The number of aryl methyl sites for hydroxylation is 1. The molecule has 0 unspecified atom stereocenters. The van der Waals surface area contributed by atoms with Crippen LogP contribution in [0.15, 0.2) is 16.5 Å². The molecule has 18 heavy (non-hydrogen) atoms. The fourth-order valence-corrected chi connectivity index (χ4v) is 3.26. The van der Waals surface area contributed by atoms with E-state index in [0.29, 0.717) is 17.7 Å². The van der Waals surface area contributed by atoms with Crippen molar-refractivity contribution in [2.24, 2.45) is 0 Å². The Labute approximate surface area is 108 Å². The summed E-state index contributed by atoms with van der Waals surface area (Å²) in [6.07, 6.45) is 2.18. The van der Waals surface area contributed by atoms with E-state index in [1.807, 2.05) is 12.3 Å². The van der Waals surface area contributed by atoms with Gasteiger partial charge >= 0.3 is 0 Å². The molecule has 0 bridgehead atoms. The van der Waals surface area contributed by atoms with Gasteiger partial charge in [-0.3, -0.25) is 14.2 Å². The molecule has 0 spiro atoms. The quantitative estimate of drug-likeness (QED) is 0.776. The van der Waals surface area contributed by atoms with Gasteiger partial charge in [-0.25, -0.2) is 4.98 Å². The molecule has 1 aliphatic rings. The summed E-state index contributed by atoms with van der Waals surface area (Å²) in [4.78, 5) is 30.2. The number of thiophene rings is 1. The van der Waals surface area contributed by atoms with Gasteiger partial charge in [-0.2, -0.15) is 0 Å². The molecular weight excluding hydrogens is 250 g/mol. The Bertz CT molecular complexity index is 688. The molecular formula is C12H13N3O2S. The molecule has 1 atom stereocenters. The zero-order valence-electron chi connectivity index (χ0n) is 10.2. The van der Waals surface area contributed by atoms with Crippen LogP contribution < -0.4 is 5.56 Å². The summed E-state index contributed by atoms with van der Waals surface area (Å²) in [7, 11) is 1.76. The largest absolute Gasteiger partial charge is 0.344 e. The lowest BCUT2D eigenvalue weighted by Crippen LogP contribution is -2.30. The van der Waals surface area contributed by atoms with Gasteiger partial charge in [0.2, 0.25) is 5.91 Å². The predicted octanol–water partition coefficient (Wildman–Crippen LogP) is 1.17. The molecule has 0 radical (unpaired) electrons. The van der Waals surface area contributed by atoms with E-state index >= 15 is 0 Å². The van der Waals surface area contributed by atoms with Crippen LogP contribution in [0.2, 0.25) is 0 Å². The molecule has 3 heterocycles. The zero-order valence-corrected chi connectivity index (χ0v) is 11.0. The topological polar surface area (TPSA) is 55.2 Å². The van der Waals surface area contributed by atoms with Gasteiger partial charge in [-0.15, -0.1) is 11.3 Å². The highest BCUT2D eigenvalue weighted by atomic mass is 32.1. The molecule has 0 aliphatic carbocycles. The number of carbonyl (C=O) groups excluding carboxylic acids is 1. The van der Waals surface area contributed by atoms with E-state index in [4.69, 9.17) is 0 Å². The molecule has 1 saturated heterocycles. The summed E-state index contributed by atoms with van der Waals surface area (Å²) in [5, 5.41) is 1.92. The van der Waals surface area contributed by atoms with Gasteiger partial charge < -0.3 is 4.90 Å². The van der Waals surface area contributed by atoms with Crippen molar-refractivity contribution in [3.63, 3.8) is 0 Å². The summed E-state index contributed by atoms with van der Waals surface area (Å²) in [6.45, 7) is 2.63. The van der Waals surface area contributed by atoms with Gasteiger partial charge in [-0.05, 0) is 24.3 Å². The average Bonchev–Trinajstić information content (AvgIpc) is 2.88. The molecule has 5 nitrogen and oxygen atoms in total. The number of hydrogen-bond acceptors (Lipinski definition) is 4. The van der Waals surface area contributed by atoms with Crippen molar-refractivity contribution in [1.82, 2.24) is 14.5 Å². The molecule has 1 amide bonds. The number of aromatic nitrogens is 2. The molecule has 2 aromatic heterocycles. The number of amides is 1. The first kappa shape index (κ1) is 11.4. The van der Waals surface area contributed by atoms with Crippen molar-refractivity contribution >= 4 is 27.5 Å². The van der Waals surface area contributed by atoms with Gasteiger partial charge in [-0.1, -0.05) is 0 Å². The van der Waals surface area contributed by atoms with Crippen LogP contribution in [0.5, 0.6) is 0 Å². The Morgan fingerprint density at radius 1 is 1.44 bits per heavy atom. The molecule has 1 fully saturated rings. The summed E-state index contributed by atoms with van der Waals surface area (Å²) in [5.74, 6) is -0.00784. The molecule has 94 valence electrons. The summed E-state index contributed by atoms with van der Waals surface area (Å²) in [5.41, 5.74) is 1.65. The third kappa shape index (κ3) is 1.49. The second-order valence-corrected chi connectivity index (χ2v) is 5.50. The standard InChI is InChI=1S/C12H13N3O2S/c1-7-5-18-10-9(7)13-6-15(12(10)17)8-3-4-14(2)11(8)16/h5-6,8H,3-4H2,1-2H3/t8-/m0/s1.